The third kappa shape index (κ3) is 3.40. The van der Waals surface area contributed by atoms with Gasteiger partial charge in [0.1, 0.15) is 17.7 Å². The molecular weight excluding hydrogens is 346 g/mol. The number of amides is 1. The second-order valence-corrected chi connectivity index (χ2v) is 6.45. The van der Waals surface area contributed by atoms with E-state index in [2.05, 4.69) is 0 Å². The van der Waals surface area contributed by atoms with Crippen molar-refractivity contribution < 1.29 is 13.6 Å². The van der Waals surface area contributed by atoms with Crippen molar-refractivity contribution in [2.45, 2.75) is 12.5 Å². The average molecular weight is 364 g/mol. The third-order valence-corrected chi connectivity index (χ3v) is 4.72. The van der Waals surface area contributed by atoms with Crippen molar-refractivity contribution in [3.05, 3.63) is 102 Å². The Morgan fingerprint density at radius 1 is 0.741 bits per heavy atom. The molecule has 0 atom stereocenters. The Kier molecular flexibility index (Phi) is 4.59. The van der Waals surface area contributed by atoms with E-state index in [1.165, 1.54) is 24.3 Å². The predicted molar refractivity (Wildman–Crippen MR) is 99.9 cm³/mol. The first kappa shape index (κ1) is 17.2. The van der Waals surface area contributed by atoms with Crippen LogP contribution in [0.15, 0.2) is 78.9 Å². The van der Waals surface area contributed by atoms with Crippen LogP contribution < -0.4 is 5.01 Å². The lowest BCUT2D eigenvalue weighted by Crippen LogP contribution is -2.42. The minimum absolute atomic E-state index is 0.0301. The molecule has 0 N–H and O–H groups in total. The highest BCUT2D eigenvalue weighted by molar-refractivity contribution is 5.83. The summed E-state index contributed by atoms with van der Waals surface area (Å²) in [5.41, 5.74) is 2.43. The molecule has 0 aromatic heterocycles. The normalized spacial score (nSPS) is 14.3. The standard InChI is InChI=1S/C22H18F2N2O/c23-18-10-6-16(7-11-18)22(17-8-12-19(24)13-9-17)26-21(27)14-15-25(26)20-4-2-1-3-5-20/h1-13,22H,14-15H2. The van der Waals surface area contributed by atoms with Crippen LogP contribution in [0.5, 0.6) is 0 Å². The van der Waals surface area contributed by atoms with Crippen LogP contribution in [0.25, 0.3) is 0 Å². The first-order valence-corrected chi connectivity index (χ1v) is 8.79. The van der Waals surface area contributed by atoms with Crippen molar-refractivity contribution in [2.24, 2.45) is 0 Å². The highest BCUT2D eigenvalue weighted by Gasteiger charge is 2.36. The monoisotopic (exact) mass is 364 g/mol. The third-order valence-electron chi connectivity index (χ3n) is 4.72. The molecule has 136 valence electrons. The summed E-state index contributed by atoms with van der Waals surface area (Å²) in [6.07, 6.45) is 0.383. The van der Waals surface area contributed by atoms with Gasteiger partial charge >= 0.3 is 0 Å². The number of nitrogens with zero attached hydrogens (tertiary/aromatic N) is 2. The molecule has 0 radical (unpaired) electrons. The smallest absolute Gasteiger partial charge is 0.243 e. The molecule has 3 nitrogen and oxygen atoms in total. The average Bonchev–Trinajstić information content (AvgIpc) is 3.07. The zero-order valence-corrected chi connectivity index (χ0v) is 14.6. The van der Waals surface area contributed by atoms with E-state index in [1.807, 2.05) is 35.3 Å². The molecule has 0 saturated carbocycles. The van der Waals surface area contributed by atoms with Gasteiger partial charge in [0.25, 0.3) is 0 Å². The van der Waals surface area contributed by atoms with Crippen molar-refractivity contribution in [1.29, 1.82) is 0 Å². The Hall–Kier alpha value is -3.21. The minimum atomic E-state index is -0.471. The summed E-state index contributed by atoms with van der Waals surface area (Å²) in [7, 11) is 0. The number of carbonyl (C=O) groups is 1. The maximum atomic E-state index is 13.5. The van der Waals surface area contributed by atoms with Crippen LogP contribution in [0.3, 0.4) is 0 Å². The van der Waals surface area contributed by atoms with E-state index in [-0.39, 0.29) is 17.5 Å². The van der Waals surface area contributed by atoms with Crippen LogP contribution in [0.4, 0.5) is 14.5 Å². The van der Waals surface area contributed by atoms with Gasteiger partial charge in [-0.05, 0) is 47.5 Å². The Morgan fingerprint density at radius 2 is 1.26 bits per heavy atom. The van der Waals surface area contributed by atoms with Crippen LogP contribution in [0, 0.1) is 11.6 Å². The molecule has 5 heteroatoms. The number of anilines is 1. The van der Waals surface area contributed by atoms with Crippen LogP contribution in [0.2, 0.25) is 0 Å². The van der Waals surface area contributed by atoms with Crippen molar-refractivity contribution in [2.75, 3.05) is 11.6 Å². The molecule has 1 aliphatic rings. The number of benzene rings is 3. The lowest BCUT2D eigenvalue weighted by Gasteiger charge is -2.37. The SMILES string of the molecule is O=C1CCN(c2ccccc2)N1C(c1ccc(F)cc1)c1ccc(F)cc1. The van der Waals surface area contributed by atoms with E-state index in [1.54, 1.807) is 29.3 Å². The summed E-state index contributed by atoms with van der Waals surface area (Å²) < 4.78 is 26.9. The number of carbonyl (C=O) groups excluding carboxylic acids is 1. The maximum Gasteiger partial charge on any atom is 0.243 e. The van der Waals surface area contributed by atoms with Gasteiger partial charge < -0.3 is 0 Å². The van der Waals surface area contributed by atoms with E-state index in [9.17, 15) is 13.6 Å². The Bertz CT molecular complexity index is 881. The number of hydrazine groups is 1. The zero-order chi connectivity index (χ0) is 18.8. The highest BCUT2D eigenvalue weighted by Crippen LogP contribution is 2.35. The number of halogens is 2. The number of para-hydroxylation sites is 1. The van der Waals surface area contributed by atoms with Gasteiger partial charge in [0.05, 0.1) is 5.69 Å². The molecule has 0 bridgehead atoms. The fourth-order valence-electron chi connectivity index (χ4n) is 3.46. The molecule has 0 spiro atoms. The van der Waals surface area contributed by atoms with Crippen LogP contribution in [-0.2, 0) is 4.79 Å². The molecule has 27 heavy (non-hydrogen) atoms. The topological polar surface area (TPSA) is 23.6 Å². The highest BCUT2D eigenvalue weighted by atomic mass is 19.1. The zero-order valence-electron chi connectivity index (χ0n) is 14.6. The summed E-state index contributed by atoms with van der Waals surface area (Å²) >= 11 is 0. The molecular formula is C22H18F2N2O. The molecule has 3 aromatic carbocycles. The number of hydrogen-bond acceptors (Lipinski definition) is 2. The maximum absolute atomic E-state index is 13.5. The Morgan fingerprint density at radius 3 is 1.78 bits per heavy atom. The quantitative estimate of drug-likeness (QED) is 0.669. The van der Waals surface area contributed by atoms with Gasteiger partial charge in [0, 0.05) is 13.0 Å². The van der Waals surface area contributed by atoms with E-state index >= 15 is 0 Å². The van der Waals surface area contributed by atoms with Gasteiger partial charge in [-0.2, -0.15) is 0 Å². The Labute approximate surface area is 156 Å². The van der Waals surface area contributed by atoms with E-state index in [0.717, 1.165) is 16.8 Å². The lowest BCUT2D eigenvalue weighted by molar-refractivity contribution is -0.129. The second-order valence-electron chi connectivity index (χ2n) is 6.45. The lowest BCUT2D eigenvalue weighted by atomic mass is 9.98. The summed E-state index contributed by atoms with van der Waals surface area (Å²) in [5, 5.41) is 3.62. The van der Waals surface area contributed by atoms with E-state index in [4.69, 9.17) is 0 Å². The van der Waals surface area contributed by atoms with Crippen molar-refractivity contribution in [3.63, 3.8) is 0 Å². The van der Waals surface area contributed by atoms with Gasteiger partial charge in [0.2, 0.25) is 5.91 Å². The summed E-state index contributed by atoms with van der Waals surface area (Å²) in [6, 6.07) is 21.3. The van der Waals surface area contributed by atoms with Crippen LogP contribution in [-0.4, -0.2) is 17.5 Å². The largest absolute Gasteiger partial charge is 0.282 e. The summed E-state index contributed by atoms with van der Waals surface area (Å²) in [6.45, 7) is 0.557. The van der Waals surface area contributed by atoms with Crippen molar-refractivity contribution in [1.82, 2.24) is 5.01 Å². The molecule has 0 aliphatic carbocycles. The molecule has 1 fully saturated rings. The van der Waals surface area contributed by atoms with Gasteiger partial charge in [-0.1, -0.05) is 42.5 Å². The first-order valence-electron chi connectivity index (χ1n) is 8.79. The van der Waals surface area contributed by atoms with Crippen LogP contribution >= 0.6 is 0 Å². The molecule has 0 unspecified atom stereocenters. The van der Waals surface area contributed by atoms with Crippen LogP contribution in [0.1, 0.15) is 23.6 Å². The predicted octanol–water partition coefficient (Wildman–Crippen LogP) is 4.71. The van der Waals surface area contributed by atoms with Crippen molar-refractivity contribution in [3.8, 4) is 0 Å². The van der Waals surface area contributed by atoms with Gasteiger partial charge in [0.15, 0.2) is 0 Å². The summed E-state index contributed by atoms with van der Waals surface area (Å²) in [5.74, 6) is -0.717. The number of hydrogen-bond donors (Lipinski definition) is 0. The second kappa shape index (κ2) is 7.19. The van der Waals surface area contributed by atoms with E-state index < -0.39 is 6.04 Å². The fourth-order valence-corrected chi connectivity index (χ4v) is 3.46. The van der Waals surface area contributed by atoms with E-state index in [0.29, 0.717) is 13.0 Å². The van der Waals surface area contributed by atoms with Gasteiger partial charge in [-0.25, -0.2) is 13.8 Å². The molecule has 1 amide bonds. The Balaban J connectivity index is 1.82. The molecule has 1 heterocycles. The molecule has 4 rings (SSSR count). The number of rotatable bonds is 4. The van der Waals surface area contributed by atoms with Crippen molar-refractivity contribution >= 4 is 11.6 Å². The molecule has 3 aromatic rings. The first-order chi connectivity index (χ1) is 13.1. The summed E-state index contributed by atoms with van der Waals surface area (Å²) in [4.78, 5) is 12.8. The molecule has 1 saturated heterocycles. The molecule has 1 aliphatic heterocycles. The van der Waals surface area contributed by atoms with Gasteiger partial charge in [-0.3, -0.25) is 9.80 Å². The fraction of sp³-hybridized carbons (Fsp3) is 0.136. The van der Waals surface area contributed by atoms with Gasteiger partial charge in [-0.15, -0.1) is 0 Å². The minimum Gasteiger partial charge on any atom is -0.282 e.